The van der Waals surface area contributed by atoms with Crippen LogP contribution in [0.5, 0.6) is 0 Å². The quantitative estimate of drug-likeness (QED) is 0.0602. The predicted molar refractivity (Wildman–Crippen MR) is 135 cm³/mol. The maximum atomic E-state index is 13.1. The lowest BCUT2D eigenvalue weighted by molar-refractivity contribution is -0.145. The lowest BCUT2D eigenvalue weighted by Gasteiger charge is -2.26. The van der Waals surface area contributed by atoms with Crippen molar-refractivity contribution in [2.45, 2.75) is 76.7 Å². The maximum absolute atomic E-state index is 13.1. The van der Waals surface area contributed by atoms with Gasteiger partial charge < -0.3 is 43.4 Å². The van der Waals surface area contributed by atoms with Crippen LogP contribution < -0.4 is 33.2 Å². The summed E-state index contributed by atoms with van der Waals surface area (Å²) in [7, 11) is 0. The summed E-state index contributed by atoms with van der Waals surface area (Å²) in [5.74, 6) is -2.74. The molecule has 0 aliphatic rings. The van der Waals surface area contributed by atoms with Gasteiger partial charge >= 0.3 is 5.97 Å². The average Bonchev–Trinajstić information content (AvgIpc) is 2.75. The van der Waals surface area contributed by atoms with Crippen LogP contribution in [0.15, 0.2) is 4.99 Å². The fourth-order valence-electron chi connectivity index (χ4n) is 3.04. The molecule has 0 saturated carbocycles. The van der Waals surface area contributed by atoms with E-state index < -0.39 is 54.0 Å². The molecule has 0 aliphatic carbocycles. The third-order valence-corrected chi connectivity index (χ3v) is 5.58. The molecule has 0 heterocycles. The summed E-state index contributed by atoms with van der Waals surface area (Å²) < 4.78 is 0. The van der Waals surface area contributed by atoms with Gasteiger partial charge in [0.15, 0.2) is 12.0 Å². The van der Waals surface area contributed by atoms with Crippen molar-refractivity contribution in [2.24, 2.45) is 28.1 Å². The average molecular weight is 520 g/mol. The number of aliphatic imine (C=N–C) groups is 1. The van der Waals surface area contributed by atoms with E-state index in [2.05, 4.69) is 20.9 Å². The van der Waals surface area contributed by atoms with Gasteiger partial charge in [0, 0.05) is 6.54 Å². The van der Waals surface area contributed by atoms with E-state index in [0.29, 0.717) is 25.0 Å². The summed E-state index contributed by atoms with van der Waals surface area (Å²) in [6.07, 6.45) is 1.63. The molecule has 0 aromatic carbocycles. The van der Waals surface area contributed by atoms with Crippen molar-refractivity contribution >= 4 is 41.4 Å². The smallest absolute Gasteiger partial charge is 0.328 e. The lowest BCUT2D eigenvalue weighted by Crippen LogP contribution is -2.58. The number of hydrogen-bond donors (Lipinski definition) is 8. The summed E-state index contributed by atoms with van der Waals surface area (Å²) in [5, 5.41) is 26.4. The van der Waals surface area contributed by atoms with Gasteiger partial charge in [-0.3, -0.25) is 19.4 Å². The van der Waals surface area contributed by atoms with E-state index in [1.165, 1.54) is 6.92 Å². The van der Waals surface area contributed by atoms with Gasteiger partial charge in [-0.2, -0.15) is 11.8 Å². The van der Waals surface area contributed by atoms with E-state index in [-0.39, 0.29) is 24.8 Å². The molecule has 0 bridgehead atoms. The number of hydrogen-bond acceptors (Lipinski definition) is 8. The number of nitrogens with two attached hydrogens (primary N) is 3. The highest BCUT2D eigenvalue weighted by Gasteiger charge is 2.31. The van der Waals surface area contributed by atoms with Crippen LogP contribution in [0.3, 0.4) is 0 Å². The third kappa shape index (κ3) is 13.8. The first kappa shape index (κ1) is 32.4. The predicted octanol–water partition coefficient (Wildman–Crippen LogP) is -1.91. The Morgan fingerprint density at radius 3 is 2.00 bits per heavy atom. The second-order valence-corrected chi connectivity index (χ2v) is 9.64. The molecular formula is C21H41N7O6S. The molecule has 0 aliphatic heterocycles. The number of rotatable bonds is 17. The molecule has 0 saturated heterocycles. The minimum atomic E-state index is -1.57. The van der Waals surface area contributed by atoms with Gasteiger partial charge in [-0.25, -0.2) is 4.79 Å². The molecule has 0 aromatic rings. The van der Waals surface area contributed by atoms with E-state index in [4.69, 9.17) is 17.2 Å². The van der Waals surface area contributed by atoms with Crippen LogP contribution in [0.2, 0.25) is 0 Å². The van der Waals surface area contributed by atoms with Crippen molar-refractivity contribution in [1.29, 1.82) is 0 Å². The molecule has 13 nitrogen and oxygen atoms in total. The summed E-state index contributed by atoms with van der Waals surface area (Å²) in [5.41, 5.74) is 16.5. The van der Waals surface area contributed by atoms with Crippen LogP contribution >= 0.6 is 11.8 Å². The number of carboxylic acids is 1. The van der Waals surface area contributed by atoms with Crippen molar-refractivity contribution in [1.82, 2.24) is 16.0 Å². The SMILES string of the molecule is CSCCC(N)C(=O)NC(CC(C)C)C(=O)NC(CCCN=C(N)N)C(=O)NC(C(=O)O)C(C)O. The summed E-state index contributed by atoms with van der Waals surface area (Å²) >= 11 is 1.55. The molecule has 14 heteroatoms. The van der Waals surface area contributed by atoms with Gasteiger partial charge in [-0.05, 0) is 50.5 Å². The highest BCUT2D eigenvalue weighted by atomic mass is 32.2. The number of nitrogens with zero attached hydrogens (tertiary/aromatic N) is 1. The molecule has 5 atom stereocenters. The van der Waals surface area contributed by atoms with E-state index in [0.717, 1.165) is 0 Å². The molecule has 0 fully saturated rings. The Balaban J connectivity index is 5.57. The van der Waals surface area contributed by atoms with Gasteiger partial charge in [0.1, 0.15) is 12.1 Å². The lowest BCUT2D eigenvalue weighted by atomic mass is 10.0. The molecule has 3 amide bonds. The first-order valence-corrected chi connectivity index (χ1v) is 12.8. The molecule has 0 rings (SSSR count). The van der Waals surface area contributed by atoms with Gasteiger partial charge in [0.25, 0.3) is 0 Å². The zero-order valence-electron chi connectivity index (χ0n) is 20.8. The van der Waals surface area contributed by atoms with Crippen LogP contribution in [-0.2, 0) is 19.2 Å². The molecule has 0 aromatic heterocycles. The molecule has 0 radical (unpaired) electrons. The normalized spacial score (nSPS) is 15.3. The Bertz CT molecular complexity index is 731. The number of aliphatic hydroxyl groups is 1. The highest BCUT2D eigenvalue weighted by Crippen LogP contribution is 2.09. The van der Waals surface area contributed by atoms with Gasteiger partial charge in [-0.15, -0.1) is 0 Å². The maximum Gasteiger partial charge on any atom is 0.328 e. The number of guanidine groups is 1. The molecule has 11 N–H and O–H groups in total. The highest BCUT2D eigenvalue weighted by molar-refractivity contribution is 7.98. The van der Waals surface area contributed by atoms with Crippen molar-refractivity contribution in [3.8, 4) is 0 Å². The Morgan fingerprint density at radius 1 is 0.943 bits per heavy atom. The number of nitrogens with one attached hydrogen (secondary N) is 3. The van der Waals surface area contributed by atoms with Gasteiger partial charge in [0.2, 0.25) is 17.7 Å². The van der Waals surface area contributed by atoms with Crippen LogP contribution in [-0.4, -0.2) is 88.7 Å². The molecule has 35 heavy (non-hydrogen) atoms. The van der Waals surface area contributed by atoms with E-state index in [9.17, 15) is 29.4 Å². The zero-order chi connectivity index (χ0) is 27.1. The third-order valence-electron chi connectivity index (χ3n) is 4.93. The second kappa shape index (κ2) is 16.9. The molecular weight excluding hydrogens is 478 g/mol. The number of aliphatic hydroxyl groups excluding tert-OH is 1. The number of carbonyl (C=O) groups is 4. The van der Waals surface area contributed by atoms with Crippen molar-refractivity contribution < 1.29 is 29.4 Å². The standard InChI is InChI=1S/C21H41N7O6S/c1-11(2)10-15(27-17(30)13(22)7-9-35-4)19(32)26-14(6-5-8-25-21(23)24)18(31)28-16(12(3)29)20(33)34/h11-16,29H,5-10,22H2,1-4H3,(H,26,32)(H,27,30)(H,28,31)(H,33,34)(H4,23,24,25). The number of carbonyl (C=O) groups excluding carboxylic acids is 3. The van der Waals surface area contributed by atoms with Crippen LogP contribution in [0.1, 0.15) is 46.5 Å². The molecule has 202 valence electrons. The van der Waals surface area contributed by atoms with Crippen molar-refractivity contribution in [3.63, 3.8) is 0 Å². The Labute approximate surface area is 210 Å². The van der Waals surface area contributed by atoms with Gasteiger partial charge in [0.05, 0.1) is 12.1 Å². The first-order valence-electron chi connectivity index (χ1n) is 11.4. The minimum Gasteiger partial charge on any atom is -0.480 e. The molecule has 5 unspecified atom stereocenters. The van der Waals surface area contributed by atoms with Gasteiger partial charge in [-0.1, -0.05) is 13.8 Å². The minimum absolute atomic E-state index is 0.0363. The largest absolute Gasteiger partial charge is 0.480 e. The van der Waals surface area contributed by atoms with Crippen molar-refractivity contribution in [3.05, 3.63) is 0 Å². The van der Waals surface area contributed by atoms with Crippen molar-refractivity contribution in [2.75, 3.05) is 18.6 Å². The Hall–Kier alpha value is -2.58. The van der Waals surface area contributed by atoms with Crippen LogP contribution in [0.4, 0.5) is 0 Å². The summed E-state index contributed by atoms with van der Waals surface area (Å²) in [4.78, 5) is 53.6. The first-order chi connectivity index (χ1) is 16.3. The number of thioether (sulfide) groups is 1. The topological polar surface area (TPSA) is 235 Å². The Kier molecular flexibility index (Phi) is 15.7. The number of aliphatic carboxylic acids is 1. The summed E-state index contributed by atoms with van der Waals surface area (Å²) in [6, 6.07) is -4.47. The fraction of sp³-hybridized carbons (Fsp3) is 0.762. The number of carboxylic acid groups (broad SMARTS) is 1. The van der Waals surface area contributed by atoms with Crippen LogP contribution in [0, 0.1) is 5.92 Å². The fourth-order valence-corrected chi connectivity index (χ4v) is 3.53. The van der Waals surface area contributed by atoms with Crippen LogP contribution in [0.25, 0.3) is 0 Å². The van der Waals surface area contributed by atoms with E-state index in [1.54, 1.807) is 11.8 Å². The monoisotopic (exact) mass is 519 g/mol. The zero-order valence-corrected chi connectivity index (χ0v) is 21.6. The second-order valence-electron chi connectivity index (χ2n) is 8.65. The van der Waals surface area contributed by atoms with E-state index >= 15 is 0 Å². The molecule has 0 spiro atoms. The van der Waals surface area contributed by atoms with E-state index in [1.807, 2.05) is 20.1 Å². The Morgan fingerprint density at radius 2 is 1.51 bits per heavy atom. The number of amides is 3. The summed E-state index contributed by atoms with van der Waals surface area (Å²) in [6.45, 7) is 5.15.